The van der Waals surface area contributed by atoms with Crippen molar-refractivity contribution in [3.05, 3.63) is 39.7 Å². The standard InChI is InChI=1S/C13H12O4/c1-7-11(16-3)5-4-9-6-10(8(2)14)13(15)17-12(7)9/h4-6H,1-3H3. The number of carbonyl (C=O) groups excluding carboxylic acids is 1. The SMILES string of the molecule is COc1ccc2cc(C(C)=O)c(=O)oc2c1C. The normalized spacial score (nSPS) is 10.5. The molecule has 0 spiro atoms. The summed E-state index contributed by atoms with van der Waals surface area (Å²) < 4.78 is 10.3. The summed E-state index contributed by atoms with van der Waals surface area (Å²) in [6, 6.07) is 5.09. The van der Waals surface area contributed by atoms with Crippen LogP contribution >= 0.6 is 0 Å². The van der Waals surface area contributed by atoms with Crippen LogP contribution in [-0.2, 0) is 0 Å². The molecule has 0 fully saturated rings. The average Bonchev–Trinajstić information content (AvgIpc) is 2.29. The number of hydrogen-bond acceptors (Lipinski definition) is 4. The molecule has 0 aliphatic heterocycles. The highest BCUT2D eigenvalue weighted by molar-refractivity contribution is 5.97. The lowest BCUT2D eigenvalue weighted by molar-refractivity contribution is 0.101. The molecule has 4 nitrogen and oxygen atoms in total. The van der Waals surface area contributed by atoms with Crippen LogP contribution in [0.1, 0.15) is 22.8 Å². The van der Waals surface area contributed by atoms with Gasteiger partial charge in [-0.15, -0.1) is 0 Å². The van der Waals surface area contributed by atoms with Crippen molar-refractivity contribution in [2.75, 3.05) is 7.11 Å². The lowest BCUT2D eigenvalue weighted by Gasteiger charge is -2.07. The van der Waals surface area contributed by atoms with E-state index in [4.69, 9.17) is 9.15 Å². The highest BCUT2D eigenvalue weighted by atomic mass is 16.5. The summed E-state index contributed by atoms with van der Waals surface area (Å²) in [6.45, 7) is 3.14. The largest absolute Gasteiger partial charge is 0.496 e. The van der Waals surface area contributed by atoms with E-state index in [2.05, 4.69) is 0 Å². The van der Waals surface area contributed by atoms with Gasteiger partial charge >= 0.3 is 5.63 Å². The van der Waals surface area contributed by atoms with Crippen molar-refractivity contribution in [3.63, 3.8) is 0 Å². The van der Waals surface area contributed by atoms with Gasteiger partial charge in [-0.05, 0) is 32.0 Å². The van der Waals surface area contributed by atoms with Gasteiger partial charge in [0.1, 0.15) is 16.9 Å². The molecule has 0 atom stereocenters. The zero-order valence-electron chi connectivity index (χ0n) is 9.87. The highest BCUT2D eigenvalue weighted by Gasteiger charge is 2.12. The Kier molecular flexibility index (Phi) is 2.71. The molecule has 0 unspecified atom stereocenters. The number of rotatable bonds is 2. The number of ether oxygens (including phenoxy) is 1. The van der Waals surface area contributed by atoms with Crippen LogP contribution in [-0.4, -0.2) is 12.9 Å². The number of Topliss-reactive ketones (excluding diaryl/α,β-unsaturated/α-hetero) is 1. The Balaban J connectivity index is 2.83. The van der Waals surface area contributed by atoms with Gasteiger partial charge in [-0.2, -0.15) is 0 Å². The maximum atomic E-state index is 11.6. The molecule has 0 N–H and O–H groups in total. The number of methoxy groups -OCH3 is 1. The Morgan fingerprint density at radius 1 is 1.35 bits per heavy atom. The molecule has 4 heteroatoms. The number of ketones is 1. The van der Waals surface area contributed by atoms with Crippen molar-refractivity contribution in [2.24, 2.45) is 0 Å². The minimum atomic E-state index is -0.610. The third kappa shape index (κ3) is 1.82. The van der Waals surface area contributed by atoms with Crippen molar-refractivity contribution >= 4 is 16.8 Å². The lowest BCUT2D eigenvalue weighted by Crippen LogP contribution is -2.11. The molecule has 0 amide bonds. The second-order valence-corrected chi connectivity index (χ2v) is 3.81. The molecular formula is C13H12O4. The van der Waals surface area contributed by atoms with E-state index in [1.807, 2.05) is 0 Å². The van der Waals surface area contributed by atoms with E-state index in [1.165, 1.54) is 6.92 Å². The molecule has 88 valence electrons. The first-order valence-corrected chi connectivity index (χ1v) is 5.17. The van der Waals surface area contributed by atoms with Crippen LogP contribution in [0.3, 0.4) is 0 Å². The second-order valence-electron chi connectivity index (χ2n) is 3.81. The predicted octanol–water partition coefficient (Wildman–Crippen LogP) is 2.31. The number of benzene rings is 1. The van der Waals surface area contributed by atoms with Crippen molar-refractivity contribution in [2.45, 2.75) is 13.8 Å². The fourth-order valence-corrected chi connectivity index (χ4v) is 1.77. The molecule has 0 saturated carbocycles. The van der Waals surface area contributed by atoms with Crippen molar-refractivity contribution in [1.29, 1.82) is 0 Å². The van der Waals surface area contributed by atoms with Gasteiger partial charge in [0.25, 0.3) is 0 Å². The first-order chi connectivity index (χ1) is 8.04. The third-order valence-electron chi connectivity index (χ3n) is 2.70. The fraction of sp³-hybridized carbons (Fsp3) is 0.231. The van der Waals surface area contributed by atoms with E-state index in [9.17, 15) is 9.59 Å². The van der Waals surface area contributed by atoms with Gasteiger partial charge in [-0.3, -0.25) is 4.79 Å². The molecular weight excluding hydrogens is 220 g/mol. The Morgan fingerprint density at radius 2 is 2.06 bits per heavy atom. The molecule has 0 saturated heterocycles. The monoisotopic (exact) mass is 232 g/mol. The fourth-order valence-electron chi connectivity index (χ4n) is 1.77. The minimum Gasteiger partial charge on any atom is -0.496 e. The van der Waals surface area contributed by atoms with Gasteiger partial charge in [0, 0.05) is 10.9 Å². The van der Waals surface area contributed by atoms with Gasteiger partial charge in [0.2, 0.25) is 0 Å². The maximum absolute atomic E-state index is 11.6. The number of carbonyl (C=O) groups is 1. The zero-order chi connectivity index (χ0) is 12.6. The highest BCUT2D eigenvalue weighted by Crippen LogP contribution is 2.26. The van der Waals surface area contributed by atoms with Crippen LogP contribution < -0.4 is 10.4 Å². The Morgan fingerprint density at radius 3 is 2.65 bits per heavy atom. The molecule has 0 radical (unpaired) electrons. The van der Waals surface area contributed by atoms with Gasteiger partial charge < -0.3 is 9.15 Å². The minimum absolute atomic E-state index is 0.0714. The summed E-state index contributed by atoms with van der Waals surface area (Å²) in [5.74, 6) is 0.352. The average molecular weight is 232 g/mol. The molecule has 1 aromatic carbocycles. The number of fused-ring (bicyclic) bond motifs is 1. The number of hydrogen-bond donors (Lipinski definition) is 0. The first-order valence-electron chi connectivity index (χ1n) is 5.17. The second kappa shape index (κ2) is 4.05. The van der Waals surface area contributed by atoms with Crippen LogP contribution in [0.15, 0.2) is 27.4 Å². The summed E-state index contributed by atoms with van der Waals surface area (Å²) in [5.41, 5.74) is 0.667. The molecule has 2 aromatic rings. The first kappa shape index (κ1) is 11.4. The van der Waals surface area contributed by atoms with Crippen LogP contribution in [0.2, 0.25) is 0 Å². The van der Waals surface area contributed by atoms with Crippen LogP contribution in [0, 0.1) is 6.92 Å². The molecule has 0 aliphatic carbocycles. The predicted molar refractivity (Wildman–Crippen MR) is 63.8 cm³/mol. The van der Waals surface area contributed by atoms with Crippen molar-refractivity contribution in [1.82, 2.24) is 0 Å². The number of aryl methyl sites for hydroxylation is 1. The molecule has 17 heavy (non-hydrogen) atoms. The summed E-state index contributed by atoms with van der Waals surface area (Å²) in [4.78, 5) is 22.8. The topological polar surface area (TPSA) is 56.5 Å². The smallest absolute Gasteiger partial charge is 0.347 e. The Bertz CT molecular complexity index is 652. The van der Waals surface area contributed by atoms with E-state index in [0.29, 0.717) is 16.7 Å². The van der Waals surface area contributed by atoms with E-state index in [1.54, 1.807) is 32.2 Å². The molecule has 1 heterocycles. The van der Waals surface area contributed by atoms with E-state index < -0.39 is 5.63 Å². The van der Waals surface area contributed by atoms with Gasteiger partial charge in [0.05, 0.1) is 7.11 Å². The zero-order valence-corrected chi connectivity index (χ0v) is 9.87. The summed E-state index contributed by atoms with van der Waals surface area (Å²) in [5, 5.41) is 0.716. The van der Waals surface area contributed by atoms with Gasteiger partial charge in [-0.1, -0.05) is 0 Å². The molecule has 2 rings (SSSR count). The quantitative estimate of drug-likeness (QED) is 0.589. The van der Waals surface area contributed by atoms with E-state index >= 15 is 0 Å². The van der Waals surface area contributed by atoms with Gasteiger partial charge in [-0.25, -0.2) is 4.79 Å². The van der Waals surface area contributed by atoms with Gasteiger partial charge in [0.15, 0.2) is 5.78 Å². The van der Waals surface area contributed by atoms with Crippen LogP contribution in [0.25, 0.3) is 11.0 Å². The summed E-state index contributed by atoms with van der Waals surface area (Å²) in [7, 11) is 1.55. The summed E-state index contributed by atoms with van der Waals surface area (Å²) in [6.07, 6.45) is 0. The molecule has 0 bridgehead atoms. The van der Waals surface area contributed by atoms with Crippen LogP contribution in [0.4, 0.5) is 0 Å². The lowest BCUT2D eigenvalue weighted by atomic mass is 10.1. The molecule has 1 aromatic heterocycles. The maximum Gasteiger partial charge on any atom is 0.347 e. The Labute approximate surface area is 97.8 Å². The van der Waals surface area contributed by atoms with Crippen molar-refractivity contribution in [3.8, 4) is 5.75 Å². The van der Waals surface area contributed by atoms with E-state index in [-0.39, 0.29) is 11.3 Å². The Hall–Kier alpha value is -2.10. The third-order valence-corrected chi connectivity index (χ3v) is 2.70. The molecule has 0 aliphatic rings. The summed E-state index contributed by atoms with van der Waals surface area (Å²) >= 11 is 0. The van der Waals surface area contributed by atoms with Crippen molar-refractivity contribution < 1.29 is 13.9 Å². The van der Waals surface area contributed by atoms with Crippen LogP contribution in [0.5, 0.6) is 5.75 Å². The van der Waals surface area contributed by atoms with E-state index in [0.717, 1.165) is 5.56 Å².